The van der Waals surface area contributed by atoms with Crippen LogP contribution in [0, 0.1) is 0 Å². The molecule has 0 saturated carbocycles. The van der Waals surface area contributed by atoms with E-state index in [4.69, 9.17) is 9.84 Å². The smallest absolute Gasteiger partial charge is 0.313 e. The summed E-state index contributed by atoms with van der Waals surface area (Å²) in [4.78, 5) is 12.2. The molecule has 6 nitrogen and oxygen atoms in total. The SMILES string of the molecule is COc1ccc(-c2sc(-n3c(Br)nnc3SCC(=O)O)c3c2CCC3)cc1. The van der Waals surface area contributed by atoms with Crippen molar-refractivity contribution in [3.8, 4) is 21.2 Å². The van der Waals surface area contributed by atoms with E-state index in [0.29, 0.717) is 9.89 Å². The molecule has 1 aromatic carbocycles. The van der Waals surface area contributed by atoms with Gasteiger partial charge in [0.25, 0.3) is 0 Å². The molecule has 0 atom stereocenters. The van der Waals surface area contributed by atoms with Crippen LogP contribution in [0.3, 0.4) is 0 Å². The number of rotatable bonds is 6. The number of thiophene rings is 1. The van der Waals surface area contributed by atoms with Gasteiger partial charge in [-0.1, -0.05) is 11.8 Å². The van der Waals surface area contributed by atoms with Gasteiger partial charge in [-0.25, -0.2) is 0 Å². The van der Waals surface area contributed by atoms with E-state index in [2.05, 4.69) is 38.3 Å². The van der Waals surface area contributed by atoms with E-state index in [-0.39, 0.29) is 5.75 Å². The van der Waals surface area contributed by atoms with Crippen LogP contribution in [0.15, 0.2) is 34.2 Å². The zero-order valence-electron chi connectivity index (χ0n) is 14.4. The number of carbonyl (C=O) groups is 1. The number of aliphatic carboxylic acids is 1. The Kier molecular flexibility index (Phi) is 5.25. The summed E-state index contributed by atoms with van der Waals surface area (Å²) in [5, 5.41) is 18.9. The van der Waals surface area contributed by atoms with Crippen molar-refractivity contribution in [3.05, 3.63) is 40.1 Å². The molecule has 3 aromatic rings. The van der Waals surface area contributed by atoms with Gasteiger partial charge in [0.15, 0.2) is 5.16 Å². The highest BCUT2D eigenvalue weighted by atomic mass is 79.9. The Bertz CT molecular complexity index is 998. The van der Waals surface area contributed by atoms with Gasteiger partial charge < -0.3 is 9.84 Å². The molecule has 0 aliphatic heterocycles. The van der Waals surface area contributed by atoms with Gasteiger partial charge in [-0.3, -0.25) is 9.36 Å². The second kappa shape index (κ2) is 7.65. The molecule has 2 aromatic heterocycles. The van der Waals surface area contributed by atoms with E-state index in [9.17, 15) is 4.79 Å². The maximum atomic E-state index is 11.0. The largest absolute Gasteiger partial charge is 0.497 e. The third-order valence-corrected chi connectivity index (χ3v) is 7.16. The number of halogens is 1. The third kappa shape index (κ3) is 3.51. The number of methoxy groups -OCH3 is 1. The van der Waals surface area contributed by atoms with Gasteiger partial charge in [0.05, 0.1) is 12.9 Å². The first-order chi connectivity index (χ1) is 13.1. The quantitative estimate of drug-likeness (QED) is 0.542. The van der Waals surface area contributed by atoms with Gasteiger partial charge in [-0.05, 0) is 76.1 Å². The molecule has 27 heavy (non-hydrogen) atoms. The van der Waals surface area contributed by atoms with Crippen molar-refractivity contribution in [2.45, 2.75) is 24.4 Å². The highest BCUT2D eigenvalue weighted by molar-refractivity contribution is 9.10. The summed E-state index contributed by atoms with van der Waals surface area (Å²) in [6, 6.07) is 8.10. The number of ether oxygens (including phenoxy) is 1. The lowest BCUT2D eigenvalue weighted by molar-refractivity contribution is -0.133. The molecule has 1 N–H and O–H groups in total. The van der Waals surface area contributed by atoms with E-state index in [1.54, 1.807) is 18.4 Å². The Hall–Kier alpha value is -1.84. The van der Waals surface area contributed by atoms with Gasteiger partial charge in [0.2, 0.25) is 4.73 Å². The number of carboxylic acids is 1. The number of hydrogen-bond donors (Lipinski definition) is 1. The Morgan fingerprint density at radius 3 is 2.74 bits per heavy atom. The normalized spacial score (nSPS) is 13.0. The third-order valence-electron chi connectivity index (χ3n) is 4.42. The van der Waals surface area contributed by atoms with Crippen molar-refractivity contribution < 1.29 is 14.6 Å². The molecule has 0 bridgehead atoms. The number of thioether (sulfide) groups is 1. The van der Waals surface area contributed by atoms with Crippen molar-refractivity contribution >= 4 is 45.0 Å². The molecule has 1 aliphatic rings. The summed E-state index contributed by atoms with van der Waals surface area (Å²) in [7, 11) is 1.66. The Morgan fingerprint density at radius 2 is 2.04 bits per heavy atom. The average molecular weight is 466 g/mol. The fourth-order valence-electron chi connectivity index (χ4n) is 3.25. The first-order valence-corrected chi connectivity index (χ1v) is 10.9. The zero-order chi connectivity index (χ0) is 19.0. The van der Waals surface area contributed by atoms with E-state index >= 15 is 0 Å². The minimum absolute atomic E-state index is 0.0516. The number of hydrogen-bond acceptors (Lipinski definition) is 6. The topological polar surface area (TPSA) is 77.2 Å². The predicted octanol–water partition coefficient (Wildman–Crippen LogP) is 4.43. The summed E-state index contributed by atoms with van der Waals surface area (Å²) in [6.07, 6.45) is 3.17. The van der Waals surface area contributed by atoms with Crippen LogP contribution < -0.4 is 4.74 Å². The van der Waals surface area contributed by atoms with Crippen LogP contribution in [-0.2, 0) is 17.6 Å². The standard InChI is InChI=1S/C18H16BrN3O3S2/c1-25-11-7-5-10(6-8-11)15-12-3-2-4-13(12)16(27-15)22-17(19)20-21-18(22)26-9-14(23)24/h5-8H,2-4,9H2,1H3,(H,23,24). The lowest BCUT2D eigenvalue weighted by atomic mass is 10.1. The maximum Gasteiger partial charge on any atom is 0.313 e. The predicted molar refractivity (Wildman–Crippen MR) is 109 cm³/mol. The molecule has 9 heteroatoms. The number of aromatic nitrogens is 3. The van der Waals surface area contributed by atoms with Crippen molar-refractivity contribution in [2.75, 3.05) is 12.9 Å². The van der Waals surface area contributed by atoms with Gasteiger partial charge in [0.1, 0.15) is 10.8 Å². The first-order valence-electron chi connectivity index (χ1n) is 8.33. The van der Waals surface area contributed by atoms with Gasteiger partial charge >= 0.3 is 5.97 Å². The van der Waals surface area contributed by atoms with Crippen LogP contribution in [0.25, 0.3) is 15.4 Å². The molecule has 4 rings (SSSR count). The molecule has 0 radical (unpaired) electrons. The molecule has 140 valence electrons. The van der Waals surface area contributed by atoms with E-state index in [1.165, 1.54) is 27.8 Å². The molecular formula is C18H16BrN3O3S2. The number of fused-ring (bicyclic) bond motifs is 1. The van der Waals surface area contributed by atoms with Crippen molar-refractivity contribution in [1.29, 1.82) is 0 Å². The van der Waals surface area contributed by atoms with Crippen molar-refractivity contribution in [3.63, 3.8) is 0 Å². The molecule has 1 aliphatic carbocycles. The first kappa shape index (κ1) is 18.5. The average Bonchev–Trinajstić information content (AvgIpc) is 3.35. The minimum atomic E-state index is -0.874. The highest BCUT2D eigenvalue weighted by Gasteiger charge is 2.27. The second-order valence-corrected chi connectivity index (χ2v) is 8.70. The molecule has 2 heterocycles. The number of nitrogens with zero attached hydrogens (tertiary/aromatic N) is 3. The monoisotopic (exact) mass is 465 g/mol. The van der Waals surface area contributed by atoms with Gasteiger partial charge in [-0.2, -0.15) is 0 Å². The number of carboxylic acid groups (broad SMARTS) is 1. The van der Waals surface area contributed by atoms with Crippen molar-refractivity contribution in [2.24, 2.45) is 0 Å². The molecule has 0 fully saturated rings. The lowest BCUT2D eigenvalue weighted by Gasteiger charge is -2.06. The van der Waals surface area contributed by atoms with Crippen LogP contribution in [0.5, 0.6) is 5.75 Å². The lowest BCUT2D eigenvalue weighted by Crippen LogP contribution is -2.02. The zero-order valence-corrected chi connectivity index (χ0v) is 17.7. The Morgan fingerprint density at radius 1 is 1.30 bits per heavy atom. The van der Waals surface area contributed by atoms with Crippen LogP contribution in [0.4, 0.5) is 0 Å². The molecule has 0 saturated heterocycles. The Labute approximate surface area is 172 Å². The summed E-state index contributed by atoms with van der Waals surface area (Å²) >= 11 is 6.35. The van der Waals surface area contributed by atoms with Gasteiger partial charge in [0, 0.05) is 4.88 Å². The molecule has 0 unspecified atom stereocenters. The fraction of sp³-hybridized carbons (Fsp3) is 0.278. The van der Waals surface area contributed by atoms with Crippen LogP contribution in [-0.4, -0.2) is 38.7 Å². The molecule has 0 spiro atoms. The highest BCUT2D eigenvalue weighted by Crippen LogP contribution is 2.45. The van der Waals surface area contributed by atoms with Gasteiger partial charge in [-0.15, -0.1) is 21.5 Å². The fourth-order valence-corrected chi connectivity index (χ4v) is 6.03. The summed E-state index contributed by atoms with van der Waals surface area (Å²) in [6.45, 7) is 0. The Balaban J connectivity index is 1.79. The van der Waals surface area contributed by atoms with Crippen molar-refractivity contribution in [1.82, 2.24) is 14.8 Å². The van der Waals surface area contributed by atoms with E-state index < -0.39 is 5.97 Å². The molecule has 0 amide bonds. The van der Waals surface area contributed by atoms with Crippen LogP contribution in [0.1, 0.15) is 17.5 Å². The molecular weight excluding hydrogens is 450 g/mol. The van der Waals surface area contributed by atoms with Crippen LogP contribution >= 0.6 is 39.0 Å². The maximum absolute atomic E-state index is 11.0. The van der Waals surface area contributed by atoms with Crippen LogP contribution in [0.2, 0.25) is 0 Å². The van der Waals surface area contributed by atoms with E-state index in [1.807, 2.05) is 16.7 Å². The van der Waals surface area contributed by atoms with E-state index in [0.717, 1.165) is 35.6 Å². The summed E-state index contributed by atoms with van der Waals surface area (Å²) < 4.78 is 7.78. The second-order valence-electron chi connectivity index (χ2n) is 6.04. The summed E-state index contributed by atoms with van der Waals surface area (Å²) in [5.74, 6) is -0.0913. The number of benzene rings is 1. The summed E-state index contributed by atoms with van der Waals surface area (Å²) in [5.41, 5.74) is 3.84. The minimum Gasteiger partial charge on any atom is -0.497 e.